The van der Waals surface area contributed by atoms with Gasteiger partial charge in [-0.05, 0) is 224 Å². The van der Waals surface area contributed by atoms with Crippen LogP contribution in [0.3, 0.4) is 0 Å². The molecule has 0 aliphatic rings. The summed E-state index contributed by atoms with van der Waals surface area (Å²) in [5.74, 6) is -5.14. The molecule has 33 nitrogen and oxygen atoms in total. The van der Waals surface area contributed by atoms with Crippen LogP contribution in [0.5, 0.6) is 0 Å². The number of nitrogens with zero attached hydrogens (tertiary/aromatic N) is 5. The molecule has 0 saturated carbocycles. The van der Waals surface area contributed by atoms with E-state index in [4.69, 9.17) is 40.5 Å². The molecule has 0 aliphatic carbocycles. The van der Waals surface area contributed by atoms with Gasteiger partial charge >= 0.3 is 60.6 Å². The van der Waals surface area contributed by atoms with Crippen LogP contribution in [0.4, 0.5) is 28.4 Å². The Morgan fingerprint density at radius 2 is 0.662 bits per heavy atom. The fourth-order valence-electron chi connectivity index (χ4n) is 11.0. The molecule has 38 heteroatoms. The summed E-state index contributed by atoms with van der Waals surface area (Å²) in [6, 6.07) is 72.8. The van der Waals surface area contributed by atoms with Gasteiger partial charge in [0.15, 0.2) is 0 Å². The number of ether oxygens (including phenoxy) is 4. The molecule has 130 heavy (non-hydrogen) atoms. The van der Waals surface area contributed by atoms with Crippen LogP contribution in [0.15, 0.2) is 266 Å². The topological polar surface area (TPSA) is 506 Å². The first-order valence-corrected chi connectivity index (χ1v) is 41.2. The van der Waals surface area contributed by atoms with Crippen molar-refractivity contribution in [3.63, 3.8) is 0 Å². The number of nitrogens with two attached hydrogens (primary N) is 1. The number of thiazole rings is 1. The molecule has 12 aromatic carbocycles. The number of aryl methyl sites for hydroxylation is 5. The van der Waals surface area contributed by atoms with E-state index < -0.39 is 43.6 Å². The first-order chi connectivity index (χ1) is 60.9. The number of hydrogen-bond donors (Lipinski definition) is 5. The Hall–Kier alpha value is -13.8. The Morgan fingerprint density at radius 1 is 0.369 bits per heavy atom. The largest absolute Gasteiger partial charge is 1.00 e. The standard InChI is InChI=1S/C18H15NO2S.C15H13IO2.C15H13NO4.C15H15NO2.C14H11NO4.C7H4INO4.C7H5NO4.CH4O4S.Li.H2O/c1-12-3-5-13(6-4-12)14-9-15(17-19-7-8-22-17)11-16(10-14)18(20)21-2;1-10-3-5-11(6-4-10)12-7-13(15(17)18-2)9-14(16)8-12;1-10-3-5-11(6-4-10)12-7-13(15(17)20-2)9-14(8-12)16(18)19;1-10-3-5-11(6-4-10)12-7-13(15(17)18-2)9-14(16)8-12;1-9-2-4-10(5-3-9)11-6-12(14(16)17)8-13(7-11)15(18)19;8-5-1-4(7(10)11)2-6(3-5)9(12)13;9-7(10)5-2-1-3-6(4-5)8(11)12;1-6-5-4-3-2;;/h3-11H,1-2H3;3-9H,1-2H3;3-9H,1-2H3;3-9H,16H2,1-2H3;2-8H,1H3,(H,16,17);1-3H,(H,10,11);1-4H,(H,9,10);2H,1H3;;1H2/q;;;;;;;;+1;/p-1. The molecular formula is C92H81I2LiN6O27S2. The molecule has 1 heterocycles. The minimum absolute atomic E-state index is 0. The number of nitrogen functional groups attached to an aromatic ring is 1. The van der Waals surface area contributed by atoms with Gasteiger partial charge in [0.1, 0.15) is 5.01 Å². The number of aromatic nitrogens is 1. The Kier molecular flexibility index (Phi) is 45.4. The second kappa shape index (κ2) is 54.4. The third kappa shape index (κ3) is 35.1. The number of hydrogen-bond acceptors (Lipinski definition) is 28. The van der Waals surface area contributed by atoms with E-state index in [2.05, 4.69) is 121 Å². The van der Waals surface area contributed by atoms with E-state index in [1.54, 1.807) is 54.1 Å². The van der Waals surface area contributed by atoms with Gasteiger partial charge in [-0.2, -0.15) is 0 Å². The van der Waals surface area contributed by atoms with Crippen molar-refractivity contribution >= 4 is 139 Å². The number of rotatable bonds is 20. The number of non-ortho nitro benzene ring substituents is 4. The fraction of sp³-hybridized carbons (Fsp3) is 0.109. The molecule has 13 aromatic rings. The summed E-state index contributed by atoms with van der Waals surface area (Å²) < 4.78 is 24.4. The molecule has 0 aliphatic heterocycles. The van der Waals surface area contributed by atoms with E-state index in [0.29, 0.717) is 37.1 Å². The predicted molar refractivity (Wildman–Crippen MR) is 501 cm³/mol. The molecule has 0 bridgehead atoms. The average molecular weight is 2030 g/mol. The van der Waals surface area contributed by atoms with Crippen LogP contribution < -0.4 is 24.6 Å². The summed E-state index contributed by atoms with van der Waals surface area (Å²) in [5, 5.41) is 85.0. The number of esters is 4. The second-order valence-corrected chi connectivity index (χ2v) is 30.5. The van der Waals surface area contributed by atoms with Gasteiger partial charge in [-0.25, -0.2) is 43.8 Å². The van der Waals surface area contributed by atoms with Gasteiger partial charge in [-0.1, -0.05) is 155 Å². The normalized spacial score (nSPS) is 9.85. The summed E-state index contributed by atoms with van der Waals surface area (Å²) >= 11 is 6.50. The maximum absolute atomic E-state index is 11.9. The number of anilines is 1. The van der Waals surface area contributed by atoms with Gasteiger partial charge in [0.2, 0.25) is 0 Å². The quantitative estimate of drug-likeness (QED) is 0.00452. The molecule has 0 fully saturated rings. The first kappa shape index (κ1) is 108. The Morgan fingerprint density at radius 3 is 1.00 bits per heavy atom. The number of carboxylic acid groups (broad SMARTS) is 3. The van der Waals surface area contributed by atoms with Crippen LogP contribution in [-0.4, -0.2) is 127 Å². The fourth-order valence-corrected chi connectivity index (χ4v) is 13.0. The summed E-state index contributed by atoms with van der Waals surface area (Å²) in [5.41, 5.74) is 22.6. The van der Waals surface area contributed by atoms with Crippen molar-refractivity contribution in [1.82, 2.24) is 4.98 Å². The van der Waals surface area contributed by atoms with Crippen LogP contribution in [0.25, 0.3) is 66.2 Å². The number of methoxy groups -OCH3 is 4. The maximum Gasteiger partial charge on any atom is 1.00 e. The molecular weight excluding hydrogens is 1950 g/mol. The molecule has 0 saturated heterocycles. The molecule has 0 spiro atoms. The van der Waals surface area contributed by atoms with Crippen molar-refractivity contribution in [3.05, 3.63) is 381 Å². The van der Waals surface area contributed by atoms with Crippen molar-refractivity contribution in [2.75, 3.05) is 40.4 Å². The van der Waals surface area contributed by atoms with Crippen LogP contribution in [0.1, 0.15) is 100 Å². The van der Waals surface area contributed by atoms with Crippen LogP contribution >= 0.6 is 68.6 Å². The SMILES string of the molecule is COC(=O)c1cc(-c2ccc(C)cc2)cc(-c2nccs2)c1.COC(=O)c1cc(-c2ccc(C)cc2)cc([N+](=O)[O-])c1.COC(=O)c1cc(I)cc(-c2ccc(C)cc2)c1.COC(=O)c1cc(N)cc(-c2ccc(C)cc2)c1.CSOOOO.Cc1ccc(-c2cc(C(=O)O)cc([N+](=O)[O-])c2)cc1.O=C(O)c1cc(I)cc([N+](=O)[O-])c1.O=C(O)c1cccc([N+](=O)[O-])c1.[Li+].[OH-]. The van der Waals surface area contributed by atoms with Crippen LogP contribution in [0, 0.1) is 82.2 Å². The van der Waals surface area contributed by atoms with Gasteiger partial charge in [0.25, 0.3) is 22.7 Å². The van der Waals surface area contributed by atoms with Crippen molar-refractivity contribution in [3.8, 4) is 66.2 Å². The van der Waals surface area contributed by atoms with E-state index >= 15 is 0 Å². The Labute approximate surface area is 791 Å². The number of nitro benzene ring substituents is 4. The zero-order valence-corrected chi connectivity index (χ0v) is 77.0. The summed E-state index contributed by atoms with van der Waals surface area (Å²) in [7, 11) is 5.39. The second-order valence-electron chi connectivity index (χ2n) is 26.6. The van der Waals surface area contributed by atoms with Crippen molar-refractivity contribution < 1.29 is 132 Å². The number of carbonyl (C=O) groups excluding carboxylic acids is 4. The Balaban J connectivity index is 0.000000315. The average Bonchev–Trinajstić information content (AvgIpc) is 1.45. The molecule has 13 rings (SSSR count). The van der Waals surface area contributed by atoms with E-state index in [-0.39, 0.29) is 87.2 Å². The van der Waals surface area contributed by atoms with E-state index in [0.717, 1.165) is 100 Å². The molecule has 0 amide bonds. The van der Waals surface area contributed by atoms with Crippen molar-refractivity contribution in [1.29, 1.82) is 0 Å². The maximum atomic E-state index is 11.9. The summed E-state index contributed by atoms with van der Waals surface area (Å²) in [6.07, 6.45) is 3.37. The first-order valence-electron chi connectivity index (χ1n) is 37.0. The number of nitro groups is 4. The van der Waals surface area contributed by atoms with Crippen LogP contribution in [-0.2, 0) is 33.4 Å². The zero-order valence-electron chi connectivity index (χ0n) is 71.0. The number of benzene rings is 12. The van der Waals surface area contributed by atoms with Crippen molar-refractivity contribution in [2.45, 2.75) is 34.6 Å². The minimum Gasteiger partial charge on any atom is -0.870 e. The summed E-state index contributed by atoms with van der Waals surface area (Å²) in [6.45, 7) is 10.0. The predicted octanol–water partition coefficient (Wildman–Crippen LogP) is 18.9. The van der Waals surface area contributed by atoms with E-state index in [1.165, 1.54) is 99.7 Å². The molecule has 0 unspecified atom stereocenters. The third-order valence-electron chi connectivity index (χ3n) is 17.3. The third-order valence-corrected chi connectivity index (χ3v) is 19.6. The molecule has 7 N–H and O–H groups in total. The summed E-state index contributed by atoms with van der Waals surface area (Å²) in [4.78, 5) is 123. The monoisotopic (exact) mass is 2030 g/mol. The molecule has 1 aromatic heterocycles. The Bertz CT molecular complexity index is 5900. The zero-order chi connectivity index (χ0) is 94.4. The number of aromatic carboxylic acids is 3. The van der Waals surface area contributed by atoms with Gasteiger partial charge in [0.05, 0.1) is 87.1 Å². The van der Waals surface area contributed by atoms with E-state index in [9.17, 15) is 74.0 Å². The smallest absolute Gasteiger partial charge is 0.870 e. The van der Waals surface area contributed by atoms with Gasteiger partial charge in [0, 0.05) is 96.8 Å². The number of carboxylic acids is 3. The minimum atomic E-state index is -1.18. The van der Waals surface area contributed by atoms with E-state index in [1.807, 2.05) is 140 Å². The number of halogens is 2. The van der Waals surface area contributed by atoms with Crippen LogP contribution in [0.2, 0.25) is 0 Å². The molecule has 668 valence electrons. The van der Waals surface area contributed by atoms with Gasteiger partial charge in [-0.15, -0.1) is 15.7 Å². The number of carbonyl (C=O) groups is 7. The molecule has 0 radical (unpaired) electrons. The van der Waals surface area contributed by atoms with Crippen molar-refractivity contribution in [2.24, 2.45) is 0 Å². The van der Waals surface area contributed by atoms with Gasteiger partial charge < -0.3 is 45.5 Å². The van der Waals surface area contributed by atoms with Gasteiger partial charge in [-0.3, -0.25) is 40.5 Å². The molecule has 0 atom stereocenters.